The van der Waals surface area contributed by atoms with E-state index in [0.29, 0.717) is 52.5 Å². The molecule has 0 spiro atoms. The number of hydrogen-bond acceptors (Lipinski definition) is 4. The Hall–Kier alpha value is -4.62. The second-order valence-electron chi connectivity index (χ2n) is 9.44. The van der Waals surface area contributed by atoms with E-state index in [1.165, 1.54) is 0 Å². The monoisotopic (exact) mass is 570 g/mol. The highest BCUT2D eigenvalue weighted by Gasteiger charge is 2.22. The zero-order chi connectivity index (χ0) is 29.2. The van der Waals surface area contributed by atoms with Gasteiger partial charge in [0, 0.05) is 35.8 Å². The molecule has 210 valence electrons. The number of amides is 2. The fraction of sp³-hybridized carbons (Fsp3) is 0.182. The zero-order valence-electron chi connectivity index (χ0n) is 22.7. The summed E-state index contributed by atoms with van der Waals surface area (Å²) in [5.74, 6) is -0.859. The first-order valence-corrected chi connectivity index (χ1v) is 13.6. The van der Waals surface area contributed by atoms with Gasteiger partial charge >= 0.3 is 5.97 Å². The lowest BCUT2D eigenvalue weighted by atomic mass is 9.94. The highest BCUT2D eigenvalue weighted by molar-refractivity contribution is 6.30. The Morgan fingerprint density at radius 3 is 2.15 bits per heavy atom. The number of carbonyl (C=O) groups is 3. The van der Waals surface area contributed by atoms with Crippen LogP contribution in [-0.4, -0.2) is 48.0 Å². The minimum Gasteiger partial charge on any atom is -0.497 e. The lowest BCUT2D eigenvalue weighted by Crippen LogP contribution is -2.35. The quantitative estimate of drug-likeness (QED) is 0.214. The molecule has 2 amide bonds. The molecule has 8 heteroatoms. The summed E-state index contributed by atoms with van der Waals surface area (Å²) in [7, 11) is 1.59. The van der Waals surface area contributed by atoms with Gasteiger partial charge in [0.15, 0.2) is 0 Å². The number of hydrogen-bond donors (Lipinski definition) is 2. The van der Waals surface area contributed by atoms with Crippen molar-refractivity contribution in [1.29, 1.82) is 0 Å². The first-order valence-electron chi connectivity index (χ1n) is 13.2. The second kappa shape index (κ2) is 14.1. The summed E-state index contributed by atoms with van der Waals surface area (Å²) in [6.45, 7) is 0.685. The van der Waals surface area contributed by atoms with Crippen LogP contribution in [0.1, 0.15) is 38.3 Å². The first-order chi connectivity index (χ1) is 19.9. The van der Waals surface area contributed by atoms with Gasteiger partial charge < -0.3 is 20.1 Å². The number of nitrogens with zero attached hydrogens (tertiary/aromatic N) is 1. The molecule has 0 atom stereocenters. The maximum atomic E-state index is 13.9. The van der Waals surface area contributed by atoms with E-state index in [1.54, 1.807) is 60.5 Å². The summed E-state index contributed by atoms with van der Waals surface area (Å²) in [5, 5.41) is 12.9. The summed E-state index contributed by atoms with van der Waals surface area (Å²) >= 11 is 5.97. The predicted molar refractivity (Wildman–Crippen MR) is 159 cm³/mol. The van der Waals surface area contributed by atoms with Gasteiger partial charge in [-0.1, -0.05) is 72.3 Å². The molecule has 0 heterocycles. The molecule has 0 saturated carbocycles. The van der Waals surface area contributed by atoms with E-state index in [1.807, 2.05) is 48.5 Å². The predicted octanol–water partition coefficient (Wildman–Crippen LogP) is 6.11. The smallest absolute Gasteiger partial charge is 0.305 e. The molecule has 2 N–H and O–H groups in total. The summed E-state index contributed by atoms with van der Waals surface area (Å²) < 4.78 is 5.30. The number of rotatable bonds is 12. The number of carbonyl (C=O) groups excluding carboxylic acids is 2. The van der Waals surface area contributed by atoms with Gasteiger partial charge in [-0.05, 0) is 65.1 Å². The van der Waals surface area contributed by atoms with Gasteiger partial charge in [0.25, 0.3) is 11.8 Å². The molecular weight excluding hydrogens is 540 g/mol. The largest absolute Gasteiger partial charge is 0.497 e. The average molecular weight is 571 g/mol. The number of ether oxygens (including phenoxy) is 1. The van der Waals surface area contributed by atoms with Crippen molar-refractivity contribution in [2.75, 3.05) is 20.2 Å². The van der Waals surface area contributed by atoms with Gasteiger partial charge in [-0.15, -0.1) is 0 Å². The minimum atomic E-state index is -0.986. The van der Waals surface area contributed by atoms with E-state index >= 15 is 0 Å². The van der Waals surface area contributed by atoms with E-state index in [-0.39, 0.29) is 24.8 Å². The first kappa shape index (κ1) is 29.4. The van der Waals surface area contributed by atoms with Crippen LogP contribution < -0.4 is 10.1 Å². The molecule has 0 radical (unpaired) electrons. The van der Waals surface area contributed by atoms with Crippen LogP contribution in [-0.2, 0) is 17.8 Å². The summed E-state index contributed by atoms with van der Waals surface area (Å²) in [4.78, 5) is 40.1. The third kappa shape index (κ3) is 7.96. The molecule has 0 unspecified atom stereocenters. The van der Waals surface area contributed by atoms with Crippen LogP contribution >= 0.6 is 11.6 Å². The van der Waals surface area contributed by atoms with Crippen LogP contribution in [0.15, 0.2) is 97.1 Å². The third-order valence-electron chi connectivity index (χ3n) is 6.67. The fourth-order valence-electron chi connectivity index (χ4n) is 4.51. The van der Waals surface area contributed by atoms with Crippen molar-refractivity contribution in [3.63, 3.8) is 0 Å². The number of carboxylic acid groups (broad SMARTS) is 1. The topological polar surface area (TPSA) is 95.9 Å². The van der Waals surface area contributed by atoms with Crippen molar-refractivity contribution in [2.45, 2.75) is 19.4 Å². The molecule has 4 rings (SSSR count). The molecule has 0 aliphatic carbocycles. The van der Waals surface area contributed by atoms with Crippen molar-refractivity contribution in [2.24, 2.45) is 0 Å². The van der Waals surface area contributed by atoms with Crippen LogP contribution in [0.2, 0.25) is 5.02 Å². The van der Waals surface area contributed by atoms with Crippen molar-refractivity contribution in [3.8, 4) is 16.9 Å². The van der Waals surface area contributed by atoms with Gasteiger partial charge in [0.05, 0.1) is 13.5 Å². The van der Waals surface area contributed by atoms with E-state index < -0.39 is 5.97 Å². The Labute approximate surface area is 244 Å². The normalized spacial score (nSPS) is 10.6. The average Bonchev–Trinajstić information content (AvgIpc) is 3.00. The second-order valence-corrected chi connectivity index (χ2v) is 9.87. The van der Waals surface area contributed by atoms with Crippen molar-refractivity contribution >= 4 is 29.4 Å². The number of nitrogens with one attached hydrogen (secondary N) is 1. The Kier molecular flexibility index (Phi) is 10.1. The lowest BCUT2D eigenvalue weighted by Gasteiger charge is -2.24. The summed E-state index contributed by atoms with van der Waals surface area (Å²) in [6, 6.07) is 29.0. The Balaban J connectivity index is 1.60. The van der Waals surface area contributed by atoms with E-state index in [0.717, 1.165) is 11.1 Å². The SMILES string of the molecule is COc1cccc(CCN(CCC(=O)O)C(=O)c2ccccc2-c2ccccc2C(=O)NCc2ccc(Cl)cc2)c1. The molecule has 0 aliphatic rings. The molecule has 41 heavy (non-hydrogen) atoms. The molecule has 4 aromatic carbocycles. The van der Waals surface area contributed by atoms with Gasteiger partial charge in [0.2, 0.25) is 0 Å². The Bertz CT molecular complexity index is 1520. The molecular formula is C33H31ClN2O5. The van der Waals surface area contributed by atoms with Crippen LogP contribution in [0, 0.1) is 0 Å². The fourth-order valence-corrected chi connectivity index (χ4v) is 4.63. The van der Waals surface area contributed by atoms with E-state index in [9.17, 15) is 19.5 Å². The van der Waals surface area contributed by atoms with Gasteiger partial charge in [-0.25, -0.2) is 0 Å². The van der Waals surface area contributed by atoms with Crippen LogP contribution in [0.25, 0.3) is 11.1 Å². The standard InChI is InChI=1S/C33H31ClN2O5/c1-41-26-8-6-7-23(21-26)17-19-36(20-18-31(37)38)33(40)30-12-5-3-10-28(30)27-9-2-4-11-29(27)32(39)35-22-24-13-15-25(34)16-14-24/h2-16,21H,17-20,22H2,1H3,(H,35,39)(H,37,38). The third-order valence-corrected chi connectivity index (χ3v) is 6.92. The van der Waals surface area contributed by atoms with Crippen molar-refractivity contribution in [1.82, 2.24) is 10.2 Å². The molecule has 0 aromatic heterocycles. The highest BCUT2D eigenvalue weighted by atomic mass is 35.5. The van der Waals surface area contributed by atoms with Gasteiger partial charge in [-0.2, -0.15) is 0 Å². The molecule has 7 nitrogen and oxygen atoms in total. The maximum Gasteiger partial charge on any atom is 0.305 e. The Morgan fingerprint density at radius 2 is 1.46 bits per heavy atom. The van der Waals surface area contributed by atoms with Crippen LogP contribution in [0.3, 0.4) is 0 Å². The molecule has 0 fully saturated rings. The van der Waals surface area contributed by atoms with Gasteiger partial charge in [0.1, 0.15) is 5.75 Å². The van der Waals surface area contributed by atoms with Gasteiger partial charge in [-0.3, -0.25) is 14.4 Å². The van der Waals surface area contributed by atoms with Crippen molar-refractivity contribution in [3.05, 3.63) is 124 Å². The maximum absolute atomic E-state index is 13.9. The number of halogens is 1. The number of carboxylic acids is 1. The molecule has 4 aromatic rings. The van der Waals surface area contributed by atoms with E-state index in [4.69, 9.17) is 16.3 Å². The van der Waals surface area contributed by atoms with Crippen molar-refractivity contribution < 1.29 is 24.2 Å². The lowest BCUT2D eigenvalue weighted by molar-refractivity contribution is -0.137. The molecule has 0 aliphatic heterocycles. The van der Waals surface area contributed by atoms with E-state index in [2.05, 4.69) is 5.32 Å². The summed E-state index contributed by atoms with van der Waals surface area (Å²) in [6.07, 6.45) is 0.337. The number of aliphatic carboxylic acids is 1. The van der Waals surface area contributed by atoms with Crippen LogP contribution in [0.4, 0.5) is 0 Å². The number of methoxy groups -OCH3 is 1. The molecule has 0 bridgehead atoms. The summed E-state index contributed by atoms with van der Waals surface area (Å²) in [5.41, 5.74) is 3.89. The van der Waals surface area contributed by atoms with Crippen LogP contribution in [0.5, 0.6) is 5.75 Å². The minimum absolute atomic E-state index is 0.0513. The zero-order valence-corrected chi connectivity index (χ0v) is 23.4. The number of benzene rings is 4. The Morgan fingerprint density at radius 1 is 0.805 bits per heavy atom. The molecule has 0 saturated heterocycles. The highest BCUT2D eigenvalue weighted by Crippen LogP contribution is 2.29.